The predicted octanol–water partition coefficient (Wildman–Crippen LogP) is 1.02. The van der Waals surface area contributed by atoms with Crippen LogP contribution in [0.4, 0.5) is 5.95 Å². The fraction of sp³-hybridized carbons (Fsp3) is 0.235. The first-order valence-corrected chi connectivity index (χ1v) is 8.10. The third-order valence-electron chi connectivity index (χ3n) is 4.10. The van der Waals surface area contributed by atoms with Crippen molar-refractivity contribution in [3.8, 4) is 5.69 Å². The van der Waals surface area contributed by atoms with E-state index in [1.807, 2.05) is 30.3 Å². The Morgan fingerprint density at radius 2 is 1.64 bits per heavy atom. The molecule has 8 heteroatoms. The van der Waals surface area contributed by atoms with Crippen molar-refractivity contribution >= 4 is 11.9 Å². The summed E-state index contributed by atoms with van der Waals surface area (Å²) in [6.07, 6.45) is 4.96. The van der Waals surface area contributed by atoms with Gasteiger partial charge in [-0.25, -0.2) is 9.97 Å². The first-order valence-electron chi connectivity index (χ1n) is 8.10. The van der Waals surface area contributed by atoms with Crippen LogP contribution in [0.5, 0.6) is 0 Å². The van der Waals surface area contributed by atoms with Crippen molar-refractivity contribution in [2.75, 3.05) is 31.1 Å². The Morgan fingerprint density at radius 1 is 0.920 bits per heavy atom. The SMILES string of the molecule is O=C(c1cnn(-c2ccccc2)n1)N1CCN(c2ncccn2)CC1. The summed E-state index contributed by atoms with van der Waals surface area (Å²) in [5.41, 5.74) is 1.18. The lowest BCUT2D eigenvalue weighted by Crippen LogP contribution is -2.49. The van der Waals surface area contributed by atoms with Crippen LogP contribution in [-0.2, 0) is 0 Å². The van der Waals surface area contributed by atoms with Crippen LogP contribution in [0.3, 0.4) is 0 Å². The molecule has 3 heterocycles. The van der Waals surface area contributed by atoms with Crippen LogP contribution in [0.15, 0.2) is 55.0 Å². The lowest BCUT2D eigenvalue weighted by Gasteiger charge is -2.34. The van der Waals surface area contributed by atoms with Crippen LogP contribution in [0, 0.1) is 0 Å². The van der Waals surface area contributed by atoms with E-state index in [9.17, 15) is 4.79 Å². The van der Waals surface area contributed by atoms with E-state index in [1.54, 1.807) is 23.4 Å². The minimum Gasteiger partial charge on any atom is -0.337 e. The topological polar surface area (TPSA) is 80.0 Å². The van der Waals surface area contributed by atoms with Gasteiger partial charge in [0.05, 0.1) is 11.9 Å². The number of nitrogens with zero attached hydrogens (tertiary/aromatic N) is 7. The zero-order chi connectivity index (χ0) is 17.1. The first-order chi connectivity index (χ1) is 12.3. The number of aromatic nitrogens is 5. The molecule has 0 atom stereocenters. The van der Waals surface area contributed by atoms with E-state index in [0.717, 1.165) is 5.69 Å². The Kier molecular flexibility index (Phi) is 4.07. The number of rotatable bonds is 3. The summed E-state index contributed by atoms with van der Waals surface area (Å²) in [5, 5.41) is 8.50. The number of hydrogen-bond donors (Lipinski definition) is 0. The van der Waals surface area contributed by atoms with Crippen molar-refractivity contribution in [3.05, 3.63) is 60.7 Å². The molecule has 0 radical (unpaired) electrons. The molecule has 1 aromatic carbocycles. The molecule has 0 saturated carbocycles. The van der Waals surface area contributed by atoms with Crippen molar-refractivity contribution in [2.45, 2.75) is 0 Å². The summed E-state index contributed by atoms with van der Waals surface area (Å²) in [4.78, 5) is 26.5. The zero-order valence-electron chi connectivity index (χ0n) is 13.6. The number of carbonyl (C=O) groups excluding carboxylic acids is 1. The number of hydrogen-bond acceptors (Lipinski definition) is 6. The van der Waals surface area contributed by atoms with Gasteiger partial charge in [-0.15, -0.1) is 5.10 Å². The Bertz CT molecular complexity index is 842. The molecule has 1 amide bonds. The van der Waals surface area contributed by atoms with E-state index >= 15 is 0 Å². The third-order valence-corrected chi connectivity index (χ3v) is 4.10. The van der Waals surface area contributed by atoms with Crippen LogP contribution in [0.2, 0.25) is 0 Å². The first kappa shape index (κ1) is 15.3. The predicted molar refractivity (Wildman–Crippen MR) is 91.5 cm³/mol. The Hall–Kier alpha value is -3.29. The van der Waals surface area contributed by atoms with Gasteiger partial charge < -0.3 is 9.80 Å². The number of benzene rings is 1. The number of para-hydroxylation sites is 1. The number of anilines is 1. The van der Waals surface area contributed by atoms with Gasteiger partial charge in [0, 0.05) is 38.6 Å². The molecule has 0 bridgehead atoms. The molecule has 8 nitrogen and oxygen atoms in total. The molecule has 0 unspecified atom stereocenters. The Morgan fingerprint density at radius 3 is 2.36 bits per heavy atom. The average molecular weight is 335 g/mol. The monoisotopic (exact) mass is 335 g/mol. The maximum Gasteiger partial charge on any atom is 0.276 e. The highest BCUT2D eigenvalue weighted by atomic mass is 16.2. The van der Waals surface area contributed by atoms with Crippen LogP contribution in [0.1, 0.15) is 10.5 Å². The highest BCUT2D eigenvalue weighted by Gasteiger charge is 2.25. The molecular formula is C17H17N7O. The van der Waals surface area contributed by atoms with Gasteiger partial charge >= 0.3 is 0 Å². The summed E-state index contributed by atoms with van der Waals surface area (Å²) in [6.45, 7) is 2.61. The van der Waals surface area contributed by atoms with E-state index in [0.29, 0.717) is 37.8 Å². The highest BCUT2D eigenvalue weighted by molar-refractivity contribution is 5.92. The fourth-order valence-corrected chi connectivity index (χ4v) is 2.77. The van der Waals surface area contributed by atoms with E-state index in [1.165, 1.54) is 11.0 Å². The van der Waals surface area contributed by atoms with Gasteiger partial charge in [-0.3, -0.25) is 4.79 Å². The normalized spacial score (nSPS) is 14.6. The molecule has 1 aliphatic heterocycles. The summed E-state index contributed by atoms with van der Waals surface area (Å²) < 4.78 is 0. The quantitative estimate of drug-likeness (QED) is 0.711. The molecule has 1 fully saturated rings. The largest absolute Gasteiger partial charge is 0.337 e. The summed E-state index contributed by atoms with van der Waals surface area (Å²) >= 11 is 0. The zero-order valence-corrected chi connectivity index (χ0v) is 13.6. The molecule has 0 aliphatic carbocycles. The van der Waals surface area contributed by atoms with E-state index in [2.05, 4.69) is 25.1 Å². The molecule has 1 aliphatic rings. The molecule has 4 rings (SSSR count). The van der Waals surface area contributed by atoms with Crippen molar-refractivity contribution in [3.63, 3.8) is 0 Å². The van der Waals surface area contributed by atoms with Gasteiger partial charge in [0.1, 0.15) is 0 Å². The van der Waals surface area contributed by atoms with Crippen molar-refractivity contribution in [1.82, 2.24) is 29.9 Å². The maximum atomic E-state index is 12.6. The molecule has 0 spiro atoms. The lowest BCUT2D eigenvalue weighted by molar-refractivity contribution is 0.0740. The molecule has 2 aromatic heterocycles. The second kappa shape index (κ2) is 6.68. The maximum absolute atomic E-state index is 12.6. The fourth-order valence-electron chi connectivity index (χ4n) is 2.77. The van der Waals surface area contributed by atoms with Gasteiger partial charge in [0.2, 0.25) is 5.95 Å². The summed E-state index contributed by atoms with van der Waals surface area (Å²) in [6, 6.07) is 11.3. The van der Waals surface area contributed by atoms with Crippen LogP contribution in [-0.4, -0.2) is 61.9 Å². The number of carbonyl (C=O) groups is 1. The summed E-state index contributed by atoms with van der Waals surface area (Å²) in [5.74, 6) is 0.598. The molecule has 126 valence electrons. The Balaban J connectivity index is 1.42. The minimum absolute atomic E-state index is 0.101. The molecule has 1 saturated heterocycles. The van der Waals surface area contributed by atoms with Gasteiger partial charge in [-0.1, -0.05) is 18.2 Å². The van der Waals surface area contributed by atoms with Crippen molar-refractivity contribution in [1.29, 1.82) is 0 Å². The van der Waals surface area contributed by atoms with E-state index in [4.69, 9.17) is 0 Å². The second-order valence-corrected chi connectivity index (χ2v) is 5.68. The number of amides is 1. The summed E-state index contributed by atoms with van der Waals surface area (Å²) in [7, 11) is 0. The van der Waals surface area contributed by atoms with Gasteiger partial charge in [0.15, 0.2) is 5.69 Å². The van der Waals surface area contributed by atoms with Crippen molar-refractivity contribution < 1.29 is 4.79 Å². The van der Waals surface area contributed by atoms with Crippen LogP contribution in [0.25, 0.3) is 5.69 Å². The van der Waals surface area contributed by atoms with E-state index < -0.39 is 0 Å². The minimum atomic E-state index is -0.101. The van der Waals surface area contributed by atoms with E-state index in [-0.39, 0.29) is 5.91 Å². The smallest absolute Gasteiger partial charge is 0.276 e. The van der Waals surface area contributed by atoms with Crippen LogP contribution < -0.4 is 4.90 Å². The molecule has 0 N–H and O–H groups in total. The third kappa shape index (κ3) is 3.18. The van der Waals surface area contributed by atoms with Gasteiger partial charge in [-0.2, -0.15) is 9.90 Å². The molecule has 3 aromatic rings. The Labute approximate surface area is 144 Å². The lowest BCUT2D eigenvalue weighted by atomic mass is 10.3. The van der Waals surface area contributed by atoms with Crippen molar-refractivity contribution in [2.24, 2.45) is 0 Å². The highest BCUT2D eigenvalue weighted by Crippen LogP contribution is 2.12. The van der Waals surface area contributed by atoms with Gasteiger partial charge in [0.25, 0.3) is 5.91 Å². The number of piperazine rings is 1. The molecular weight excluding hydrogens is 318 g/mol. The molecule has 25 heavy (non-hydrogen) atoms. The van der Waals surface area contributed by atoms with Gasteiger partial charge in [-0.05, 0) is 18.2 Å². The average Bonchev–Trinajstić information content (AvgIpc) is 3.19. The standard InChI is InChI=1S/C17H17N7O/c25-16(15-13-20-24(21-15)14-5-2-1-3-6-14)22-9-11-23(12-10-22)17-18-7-4-8-19-17/h1-8,13H,9-12H2. The second-order valence-electron chi connectivity index (χ2n) is 5.68. The van der Waals surface area contributed by atoms with Crippen LogP contribution >= 0.6 is 0 Å².